The van der Waals surface area contributed by atoms with Crippen molar-refractivity contribution >= 4 is 17.4 Å². The van der Waals surface area contributed by atoms with Crippen LogP contribution in [0.3, 0.4) is 0 Å². The molecule has 92 valence electrons. The van der Waals surface area contributed by atoms with Gasteiger partial charge in [0.05, 0.1) is 0 Å². The van der Waals surface area contributed by atoms with Crippen LogP contribution in [0.5, 0.6) is 0 Å². The van der Waals surface area contributed by atoms with E-state index in [1.54, 1.807) is 0 Å². The Hall–Kier alpha value is -1.95. The fraction of sp³-hybridized carbons (Fsp3) is 0.364. The number of aliphatic hydroxyl groups excluding tert-OH is 1. The van der Waals surface area contributed by atoms with E-state index in [2.05, 4.69) is 5.32 Å². The highest BCUT2D eigenvalue weighted by atomic mass is 16.4. The second kappa shape index (κ2) is 5.40. The van der Waals surface area contributed by atoms with E-state index in [0.717, 1.165) is 12.3 Å². The summed E-state index contributed by atoms with van der Waals surface area (Å²) in [6.07, 6.45) is -0.225. The van der Waals surface area contributed by atoms with Gasteiger partial charge in [0, 0.05) is 19.4 Å². The van der Waals surface area contributed by atoms with Gasteiger partial charge in [-0.05, 0) is 6.92 Å². The first-order chi connectivity index (χ1) is 7.90. The minimum Gasteiger partial charge on any atom is -0.464 e. The van der Waals surface area contributed by atoms with Gasteiger partial charge in [-0.1, -0.05) is 0 Å². The third-order valence-corrected chi connectivity index (χ3v) is 1.97. The molecule has 0 bridgehead atoms. The third kappa shape index (κ3) is 3.84. The molecule has 6 heteroatoms. The SMILES string of the molecule is CC(=O)C[C@@H](O)c1cc(=O)c(NC(C)=O)co1. The van der Waals surface area contributed by atoms with Gasteiger partial charge in [-0.15, -0.1) is 0 Å². The summed E-state index contributed by atoms with van der Waals surface area (Å²) in [5.74, 6) is -0.611. The number of nitrogens with one attached hydrogen (secondary N) is 1. The van der Waals surface area contributed by atoms with Crippen molar-refractivity contribution in [3.8, 4) is 0 Å². The second-order valence-electron chi connectivity index (χ2n) is 3.66. The number of hydrogen-bond donors (Lipinski definition) is 2. The van der Waals surface area contributed by atoms with Gasteiger partial charge in [-0.3, -0.25) is 14.4 Å². The van der Waals surface area contributed by atoms with Crippen molar-refractivity contribution in [1.29, 1.82) is 0 Å². The van der Waals surface area contributed by atoms with E-state index in [1.165, 1.54) is 13.8 Å². The first-order valence-corrected chi connectivity index (χ1v) is 4.98. The van der Waals surface area contributed by atoms with Crippen LogP contribution in [0, 0.1) is 0 Å². The summed E-state index contributed by atoms with van der Waals surface area (Å²) in [6.45, 7) is 2.59. The van der Waals surface area contributed by atoms with E-state index >= 15 is 0 Å². The molecule has 0 aliphatic heterocycles. The Bertz CT molecular complexity index is 491. The van der Waals surface area contributed by atoms with Crippen molar-refractivity contribution < 1.29 is 19.1 Å². The zero-order chi connectivity index (χ0) is 13.0. The van der Waals surface area contributed by atoms with E-state index in [0.29, 0.717) is 0 Å². The number of hydrogen-bond acceptors (Lipinski definition) is 5. The summed E-state index contributed by atoms with van der Waals surface area (Å²) < 4.78 is 4.99. The highest BCUT2D eigenvalue weighted by Gasteiger charge is 2.14. The molecule has 0 unspecified atom stereocenters. The Labute approximate surface area is 97.3 Å². The second-order valence-corrected chi connectivity index (χ2v) is 3.66. The summed E-state index contributed by atoms with van der Waals surface area (Å²) in [4.78, 5) is 33.0. The molecule has 1 rings (SSSR count). The van der Waals surface area contributed by atoms with Crippen molar-refractivity contribution in [2.45, 2.75) is 26.4 Å². The average molecular weight is 239 g/mol. The molecule has 2 N–H and O–H groups in total. The molecule has 0 saturated carbocycles. The maximum Gasteiger partial charge on any atom is 0.221 e. The Morgan fingerprint density at radius 1 is 1.47 bits per heavy atom. The zero-order valence-corrected chi connectivity index (χ0v) is 9.52. The van der Waals surface area contributed by atoms with Crippen molar-refractivity contribution in [3.63, 3.8) is 0 Å². The standard InChI is InChI=1S/C11H13NO5/c1-6(13)3-10(16)11-4-9(15)8(5-17-11)12-7(2)14/h4-5,10,16H,3H2,1-2H3,(H,12,14)/t10-/m1/s1. The van der Waals surface area contributed by atoms with Crippen LogP contribution < -0.4 is 10.7 Å². The van der Waals surface area contributed by atoms with Crippen molar-refractivity contribution in [1.82, 2.24) is 0 Å². The highest BCUT2D eigenvalue weighted by molar-refractivity contribution is 5.88. The smallest absolute Gasteiger partial charge is 0.221 e. The molecule has 0 spiro atoms. The molecule has 0 saturated heterocycles. The lowest BCUT2D eigenvalue weighted by Crippen LogP contribution is -2.16. The van der Waals surface area contributed by atoms with Crippen molar-refractivity contribution in [2.75, 3.05) is 5.32 Å². The fourth-order valence-corrected chi connectivity index (χ4v) is 1.25. The number of rotatable bonds is 4. The lowest BCUT2D eigenvalue weighted by molar-refractivity contribution is -0.119. The van der Waals surface area contributed by atoms with Crippen LogP contribution in [0.15, 0.2) is 21.5 Å². The predicted octanol–water partition coefficient (Wildman–Crippen LogP) is 0.611. The Balaban J connectivity index is 2.92. The monoisotopic (exact) mass is 239 g/mol. The molecule has 1 amide bonds. The lowest BCUT2D eigenvalue weighted by Gasteiger charge is -2.08. The van der Waals surface area contributed by atoms with Crippen LogP contribution in [-0.4, -0.2) is 16.8 Å². The molecule has 0 aliphatic rings. The maximum absolute atomic E-state index is 11.5. The van der Waals surface area contributed by atoms with Gasteiger partial charge in [0.1, 0.15) is 29.6 Å². The summed E-state index contributed by atoms with van der Waals surface area (Å²) in [5.41, 5.74) is -0.486. The van der Waals surface area contributed by atoms with E-state index in [1.807, 2.05) is 0 Å². The summed E-state index contributed by atoms with van der Waals surface area (Å²) in [7, 11) is 0. The summed E-state index contributed by atoms with van der Waals surface area (Å²) in [5, 5.41) is 11.8. The Morgan fingerprint density at radius 3 is 2.59 bits per heavy atom. The van der Waals surface area contributed by atoms with Crippen LogP contribution in [0.25, 0.3) is 0 Å². The summed E-state index contributed by atoms with van der Waals surface area (Å²) in [6, 6.07) is 1.05. The molecule has 6 nitrogen and oxygen atoms in total. The first kappa shape index (κ1) is 13.1. The minimum absolute atomic E-state index is 0.000646. The molecule has 0 aromatic carbocycles. The molecule has 1 aromatic heterocycles. The number of anilines is 1. The van der Waals surface area contributed by atoms with Gasteiger partial charge in [0.15, 0.2) is 0 Å². The van der Waals surface area contributed by atoms with Gasteiger partial charge in [0.25, 0.3) is 0 Å². The number of Topliss-reactive ketones (excluding diaryl/α,β-unsaturated/α-hetero) is 1. The van der Waals surface area contributed by atoms with E-state index in [-0.39, 0.29) is 23.7 Å². The molecular weight excluding hydrogens is 226 g/mol. The summed E-state index contributed by atoms with van der Waals surface area (Å²) >= 11 is 0. The zero-order valence-electron chi connectivity index (χ0n) is 9.52. The van der Waals surface area contributed by atoms with Crippen LogP contribution in [-0.2, 0) is 9.59 Å². The Kier molecular flexibility index (Phi) is 4.17. The quantitative estimate of drug-likeness (QED) is 0.802. The van der Waals surface area contributed by atoms with E-state index in [9.17, 15) is 19.5 Å². The van der Waals surface area contributed by atoms with Crippen LogP contribution in [0.1, 0.15) is 32.1 Å². The molecule has 1 atom stereocenters. The van der Waals surface area contributed by atoms with Gasteiger partial charge >= 0.3 is 0 Å². The number of carbonyl (C=O) groups is 2. The molecule has 0 radical (unpaired) electrons. The minimum atomic E-state index is -1.15. The maximum atomic E-state index is 11.5. The number of aliphatic hydroxyl groups is 1. The number of amides is 1. The highest BCUT2D eigenvalue weighted by Crippen LogP contribution is 2.16. The molecule has 1 heterocycles. The fourth-order valence-electron chi connectivity index (χ4n) is 1.25. The van der Waals surface area contributed by atoms with Gasteiger partial charge in [-0.2, -0.15) is 0 Å². The Morgan fingerprint density at radius 2 is 2.12 bits per heavy atom. The van der Waals surface area contributed by atoms with E-state index in [4.69, 9.17) is 4.42 Å². The first-order valence-electron chi connectivity index (χ1n) is 4.98. The van der Waals surface area contributed by atoms with Crippen LogP contribution >= 0.6 is 0 Å². The normalized spacial score (nSPS) is 11.9. The van der Waals surface area contributed by atoms with Crippen LogP contribution in [0.4, 0.5) is 5.69 Å². The molecular formula is C11H13NO5. The number of carbonyl (C=O) groups excluding carboxylic acids is 2. The number of ketones is 1. The third-order valence-electron chi connectivity index (χ3n) is 1.97. The topological polar surface area (TPSA) is 96.6 Å². The van der Waals surface area contributed by atoms with Crippen molar-refractivity contribution in [3.05, 3.63) is 28.3 Å². The van der Waals surface area contributed by atoms with Gasteiger partial charge in [0.2, 0.25) is 11.3 Å². The largest absolute Gasteiger partial charge is 0.464 e. The molecule has 17 heavy (non-hydrogen) atoms. The molecule has 0 fully saturated rings. The van der Waals surface area contributed by atoms with Gasteiger partial charge in [-0.25, -0.2) is 0 Å². The van der Waals surface area contributed by atoms with E-state index < -0.39 is 17.4 Å². The lowest BCUT2D eigenvalue weighted by atomic mass is 10.1. The van der Waals surface area contributed by atoms with Crippen molar-refractivity contribution in [2.24, 2.45) is 0 Å². The van der Waals surface area contributed by atoms with Gasteiger partial charge < -0.3 is 14.8 Å². The average Bonchev–Trinajstić information content (AvgIpc) is 2.19. The molecule has 1 aromatic rings. The molecule has 0 aliphatic carbocycles. The predicted molar refractivity (Wildman–Crippen MR) is 59.5 cm³/mol. The van der Waals surface area contributed by atoms with Crippen LogP contribution in [0.2, 0.25) is 0 Å².